The average Bonchev–Trinajstić information content (AvgIpc) is 3.24. The molecule has 0 aliphatic heterocycles. The van der Waals surface area contributed by atoms with E-state index in [1.54, 1.807) is 10.9 Å². The van der Waals surface area contributed by atoms with Crippen LogP contribution in [-0.4, -0.2) is 24.7 Å². The molecule has 0 spiro atoms. The van der Waals surface area contributed by atoms with Gasteiger partial charge in [0.15, 0.2) is 10.9 Å². The first-order valence-corrected chi connectivity index (χ1v) is 11.6. The number of aromatic nitrogens is 4. The van der Waals surface area contributed by atoms with Gasteiger partial charge in [-0.25, -0.2) is 0 Å². The maximum Gasteiger partial charge on any atom is 0.176 e. The summed E-state index contributed by atoms with van der Waals surface area (Å²) in [5.41, 5.74) is 6.27. The monoisotopic (exact) mass is 498 g/mol. The van der Waals surface area contributed by atoms with E-state index in [0.29, 0.717) is 34.1 Å². The van der Waals surface area contributed by atoms with E-state index in [9.17, 15) is 0 Å². The van der Waals surface area contributed by atoms with Gasteiger partial charge in [0.1, 0.15) is 5.02 Å². The molecule has 0 unspecified atom stereocenters. The number of thiocarbonyl (C=S) groups is 1. The van der Waals surface area contributed by atoms with Crippen LogP contribution in [0.2, 0.25) is 10.0 Å². The highest BCUT2D eigenvalue weighted by Gasteiger charge is 2.15. The molecular weight excluding hydrogens is 475 g/mol. The molecule has 0 radical (unpaired) electrons. The Morgan fingerprint density at radius 3 is 2.39 bits per heavy atom. The summed E-state index contributed by atoms with van der Waals surface area (Å²) in [6.07, 6.45) is 1.76. The van der Waals surface area contributed by atoms with Crippen LogP contribution < -0.4 is 10.6 Å². The molecule has 6 nitrogen and oxygen atoms in total. The van der Waals surface area contributed by atoms with Gasteiger partial charge in [-0.2, -0.15) is 10.2 Å². The molecule has 2 heterocycles. The van der Waals surface area contributed by atoms with Gasteiger partial charge < -0.3 is 10.6 Å². The van der Waals surface area contributed by atoms with Crippen molar-refractivity contribution < 1.29 is 0 Å². The maximum atomic E-state index is 6.38. The number of nitrogens with one attached hydrogen (secondary N) is 2. The van der Waals surface area contributed by atoms with E-state index < -0.39 is 0 Å². The fourth-order valence-electron chi connectivity index (χ4n) is 3.57. The highest BCUT2D eigenvalue weighted by Crippen LogP contribution is 2.24. The van der Waals surface area contributed by atoms with Crippen LogP contribution >= 0.6 is 35.4 Å². The van der Waals surface area contributed by atoms with Crippen LogP contribution in [0.1, 0.15) is 28.1 Å². The van der Waals surface area contributed by atoms with Gasteiger partial charge in [0.25, 0.3) is 0 Å². The molecule has 0 saturated carbocycles. The number of halogens is 2. The zero-order valence-corrected chi connectivity index (χ0v) is 20.9. The van der Waals surface area contributed by atoms with Gasteiger partial charge in [0.2, 0.25) is 0 Å². The number of hydrogen-bond acceptors (Lipinski definition) is 3. The van der Waals surface area contributed by atoms with Crippen molar-refractivity contribution in [1.82, 2.24) is 19.6 Å². The second-order valence-electron chi connectivity index (χ2n) is 7.86. The molecule has 0 atom stereocenters. The Bertz CT molecular complexity index is 1290. The molecule has 0 aliphatic rings. The van der Waals surface area contributed by atoms with E-state index in [0.717, 1.165) is 22.6 Å². The van der Waals surface area contributed by atoms with Crippen molar-refractivity contribution in [3.63, 3.8) is 0 Å². The van der Waals surface area contributed by atoms with Crippen LogP contribution in [0.15, 0.2) is 54.7 Å². The molecule has 4 rings (SSSR count). The minimum Gasteiger partial charge on any atom is -0.329 e. The van der Waals surface area contributed by atoms with E-state index in [1.165, 1.54) is 11.1 Å². The van der Waals surface area contributed by atoms with Crippen molar-refractivity contribution in [2.24, 2.45) is 0 Å². The summed E-state index contributed by atoms with van der Waals surface area (Å²) in [5, 5.41) is 17.1. The molecule has 33 heavy (non-hydrogen) atoms. The van der Waals surface area contributed by atoms with Crippen molar-refractivity contribution in [2.45, 2.75) is 33.9 Å². The quantitative estimate of drug-likeness (QED) is 0.309. The van der Waals surface area contributed by atoms with E-state index in [2.05, 4.69) is 34.8 Å². The second-order valence-corrected chi connectivity index (χ2v) is 9.11. The van der Waals surface area contributed by atoms with Crippen LogP contribution in [-0.2, 0) is 13.1 Å². The largest absolute Gasteiger partial charge is 0.329 e. The zero-order chi connectivity index (χ0) is 23.5. The van der Waals surface area contributed by atoms with E-state index >= 15 is 0 Å². The summed E-state index contributed by atoms with van der Waals surface area (Å²) in [6.45, 7) is 7.36. The third-order valence-electron chi connectivity index (χ3n) is 5.41. The van der Waals surface area contributed by atoms with Crippen LogP contribution in [0.25, 0.3) is 0 Å². The Labute approximate surface area is 208 Å². The third-order valence-corrected chi connectivity index (χ3v) is 6.14. The molecule has 0 fully saturated rings. The molecule has 170 valence electrons. The highest BCUT2D eigenvalue weighted by molar-refractivity contribution is 7.80. The average molecular weight is 499 g/mol. The van der Waals surface area contributed by atoms with E-state index in [-0.39, 0.29) is 0 Å². The smallest absolute Gasteiger partial charge is 0.176 e. The summed E-state index contributed by atoms with van der Waals surface area (Å²) in [4.78, 5) is 0. The molecule has 2 aromatic carbocycles. The van der Waals surface area contributed by atoms with Crippen LogP contribution in [0.4, 0.5) is 11.5 Å². The molecule has 0 aliphatic carbocycles. The fourth-order valence-corrected chi connectivity index (χ4v) is 4.09. The summed E-state index contributed by atoms with van der Waals surface area (Å²) in [6, 6.07) is 15.9. The Balaban J connectivity index is 1.44. The summed E-state index contributed by atoms with van der Waals surface area (Å²) in [7, 11) is 0. The van der Waals surface area contributed by atoms with Crippen molar-refractivity contribution >= 4 is 52.0 Å². The molecule has 0 saturated heterocycles. The number of aryl methyl sites for hydroxylation is 2. The number of nitrogens with zero attached hydrogens (tertiary/aromatic N) is 4. The van der Waals surface area contributed by atoms with Gasteiger partial charge >= 0.3 is 0 Å². The molecule has 0 amide bonds. The zero-order valence-electron chi connectivity index (χ0n) is 18.6. The predicted molar refractivity (Wildman–Crippen MR) is 140 cm³/mol. The van der Waals surface area contributed by atoms with Crippen molar-refractivity contribution in [3.05, 3.63) is 92.9 Å². The lowest BCUT2D eigenvalue weighted by molar-refractivity contribution is 0.657. The Kier molecular flexibility index (Phi) is 7.02. The number of benzene rings is 2. The maximum absolute atomic E-state index is 6.38. The fraction of sp³-hybridized carbons (Fsp3) is 0.208. The third kappa shape index (κ3) is 5.55. The Morgan fingerprint density at radius 2 is 1.67 bits per heavy atom. The summed E-state index contributed by atoms with van der Waals surface area (Å²) < 4.78 is 3.74. The topological polar surface area (TPSA) is 59.7 Å². The molecule has 2 N–H and O–H groups in total. The lowest BCUT2D eigenvalue weighted by Gasteiger charge is -2.11. The Hall–Kier alpha value is -2.87. The van der Waals surface area contributed by atoms with Crippen molar-refractivity contribution in [1.29, 1.82) is 0 Å². The standard InChI is InChI=1S/C24H24Cl2N6S/c1-15-6-4-5-7-19(15)13-32-17(3)22(16(2)29-32)27-24(33)28-23-21(26)14-31(30-23)12-18-8-10-20(25)11-9-18/h4-11,14H,12-13H2,1-3H3,(H2,27,28,30,33). The van der Waals surface area contributed by atoms with E-state index in [1.807, 2.05) is 54.9 Å². The normalized spacial score (nSPS) is 10.9. The Morgan fingerprint density at radius 1 is 0.939 bits per heavy atom. The van der Waals surface area contributed by atoms with Crippen molar-refractivity contribution in [3.8, 4) is 0 Å². The number of hydrogen-bond donors (Lipinski definition) is 2. The molecular formula is C24H24Cl2N6S. The molecule has 9 heteroatoms. The van der Waals surface area contributed by atoms with Crippen LogP contribution in [0, 0.1) is 20.8 Å². The number of anilines is 2. The molecule has 4 aromatic rings. The van der Waals surface area contributed by atoms with Crippen LogP contribution in [0.5, 0.6) is 0 Å². The van der Waals surface area contributed by atoms with E-state index in [4.69, 9.17) is 40.5 Å². The summed E-state index contributed by atoms with van der Waals surface area (Å²) in [5.74, 6) is 0.491. The van der Waals surface area contributed by atoms with Gasteiger partial charge in [-0.3, -0.25) is 9.36 Å². The van der Waals surface area contributed by atoms with Gasteiger partial charge in [-0.15, -0.1) is 0 Å². The first-order valence-electron chi connectivity index (χ1n) is 10.4. The first kappa shape index (κ1) is 23.3. The van der Waals surface area contributed by atoms with Gasteiger partial charge in [-0.1, -0.05) is 59.6 Å². The van der Waals surface area contributed by atoms with Gasteiger partial charge in [-0.05, 0) is 61.8 Å². The van der Waals surface area contributed by atoms with Gasteiger partial charge in [0.05, 0.1) is 30.2 Å². The molecule has 0 bridgehead atoms. The van der Waals surface area contributed by atoms with Crippen LogP contribution in [0.3, 0.4) is 0 Å². The lowest BCUT2D eigenvalue weighted by atomic mass is 10.1. The SMILES string of the molecule is Cc1ccccc1Cn1nc(C)c(NC(=S)Nc2nn(Cc3ccc(Cl)cc3)cc2Cl)c1C. The second kappa shape index (κ2) is 9.95. The lowest BCUT2D eigenvalue weighted by Crippen LogP contribution is -2.20. The minimum atomic E-state index is 0.398. The highest BCUT2D eigenvalue weighted by atomic mass is 35.5. The molecule has 2 aromatic heterocycles. The van der Waals surface area contributed by atoms with Gasteiger partial charge in [0, 0.05) is 11.2 Å². The predicted octanol–water partition coefficient (Wildman–Crippen LogP) is 6.22. The first-order chi connectivity index (χ1) is 15.8. The number of rotatable bonds is 6. The summed E-state index contributed by atoms with van der Waals surface area (Å²) >= 11 is 17.9. The minimum absolute atomic E-state index is 0.398. The van der Waals surface area contributed by atoms with Crippen molar-refractivity contribution in [2.75, 3.05) is 10.6 Å².